The minimum Gasteiger partial charge on any atom is -0.394 e. The lowest BCUT2D eigenvalue weighted by Gasteiger charge is -2.19. The monoisotopic (exact) mass is 361 g/mol. The van der Waals surface area contributed by atoms with Gasteiger partial charge in [0.15, 0.2) is 5.82 Å². The predicted molar refractivity (Wildman–Crippen MR) is 98.4 cm³/mol. The highest BCUT2D eigenvalue weighted by molar-refractivity contribution is 7.99. The minimum atomic E-state index is -0.595. The highest BCUT2D eigenvalue weighted by atomic mass is 32.2. The van der Waals surface area contributed by atoms with Crippen molar-refractivity contribution in [1.29, 1.82) is 0 Å². The molecule has 0 spiro atoms. The Hall–Kier alpha value is -2.16. The van der Waals surface area contributed by atoms with Crippen molar-refractivity contribution in [2.75, 3.05) is 17.2 Å². The van der Waals surface area contributed by atoms with Gasteiger partial charge in [-0.15, -0.1) is 11.8 Å². The molecular formula is C17H20FN5OS. The highest BCUT2D eigenvalue weighted by Gasteiger charge is 2.35. The lowest BCUT2D eigenvalue weighted by Crippen LogP contribution is -2.35. The molecule has 1 saturated heterocycles. The number of aromatic nitrogens is 2. The molecule has 132 valence electrons. The Balaban J connectivity index is 1.63. The fraction of sp³-hybridized carbons (Fsp3) is 0.294. The molecule has 3 unspecified atom stereocenters. The standard InChI is InChI=1S/C17H20FN5OS/c1-9(16-14(19)17(20)22-8-21-16)15-13(24)6-11(23-15)7-25-12-4-2-10(18)3-5-12/h2-5,8,11,13,15,23-24H,1,6-7,19H2,(H2,20,21,22). The molecule has 3 rings (SSSR count). The van der Waals surface area contributed by atoms with Crippen LogP contribution in [0, 0.1) is 5.82 Å². The quantitative estimate of drug-likeness (QED) is 0.600. The number of aliphatic hydroxyl groups is 1. The first-order valence-corrected chi connectivity index (χ1v) is 8.82. The number of nitrogens with one attached hydrogen (secondary N) is 1. The van der Waals surface area contributed by atoms with Crippen LogP contribution in [-0.2, 0) is 0 Å². The molecule has 0 bridgehead atoms. The maximum absolute atomic E-state index is 12.9. The van der Waals surface area contributed by atoms with Crippen LogP contribution in [-0.4, -0.2) is 39.0 Å². The van der Waals surface area contributed by atoms with Gasteiger partial charge in [-0.1, -0.05) is 6.58 Å². The molecule has 8 heteroatoms. The van der Waals surface area contributed by atoms with Crippen LogP contribution < -0.4 is 16.8 Å². The van der Waals surface area contributed by atoms with Crippen molar-refractivity contribution in [1.82, 2.24) is 15.3 Å². The normalized spacial score (nSPS) is 22.9. The Bertz CT molecular complexity index is 770. The van der Waals surface area contributed by atoms with Gasteiger partial charge in [-0.2, -0.15) is 0 Å². The number of hydrogen-bond donors (Lipinski definition) is 4. The highest BCUT2D eigenvalue weighted by Crippen LogP contribution is 2.31. The van der Waals surface area contributed by atoms with E-state index in [4.69, 9.17) is 11.5 Å². The van der Waals surface area contributed by atoms with Gasteiger partial charge in [0.2, 0.25) is 0 Å². The summed E-state index contributed by atoms with van der Waals surface area (Å²) in [4.78, 5) is 8.96. The van der Waals surface area contributed by atoms with Crippen molar-refractivity contribution >= 4 is 28.8 Å². The third kappa shape index (κ3) is 3.92. The molecule has 0 radical (unpaired) electrons. The summed E-state index contributed by atoms with van der Waals surface area (Å²) < 4.78 is 12.9. The number of aliphatic hydroxyl groups excluding tert-OH is 1. The second-order valence-corrected chi connectivity index (χ2v) is 7.05. The summed E-state index contributed by atoms with van der Waals surface area (Å²) in [6, 6.07) is 6.10. The molecule has 6 N–H and O–H groups in total. The van der Waals surface area contributed by atoms with E-state index in [1.165, 1.54) is 18.5 Å². The van der Waals surface area contributed by atoms with Crippen molar-refractivity contribution in [2.45, 2.75) is 29.5 Å². The van der Waals surface area contributed by atoms with E-state index in [1.54, 1.807) is 23.9 Å². The van der Waals surface area contributed by atoms with E-state index in [9.17, 15) is 9.50 Å². The van der Waals surface area contributed by atoms with Gasteiger partial charge in [-0.05, 0) is 36.3 Å². The van der Waals surface area contributed by atoms with Crippen LogP contribution in [0.4, 0.5) is 15.9 Å². The molecule has 0 aliphatic carbocycles. The molecule has 1 aromatic heterocycles. The fourth-order valence-electron chi connectivity index (χ4n) is 2.85. The van der Waals surface area contributed by atoms with Crippen LogP contribution in [0.25, 0.3) is 5.57 Å². The Morgan fingerprint density at radius 3 is 2.76 bits per heavy atom. The van der Waals surface area contributed by atoms with Gasteiger partial charge < -0.3 is 21.9 Å². The van der Waals surface area contributed by atoms with E-state index in [2.05, 4.69) is 21.9 Å². The number of nitrogens with two attached hydrogens (primary N) is 2. The SMILES string of the molecule is C=C(c1ncnc(N)c1N)C1NC(CSc2ccc(F)cc2)CC1O. The van der Waals surface area contributed by atoms with Gasteiger partial charge >= 0.3 is 0 Å². The molecule has 1 aromatic carbocycles. The molecule has 1 fully saturated rings. The fourth-order valence-corrected chi connectivity index (χ4v) is 3.80. The Kier molecular flexibility index (Phi) is 5.22. The molecule has 1 aliphatic rings. The average Bonchev–Trinajstić information content (AvgIpc) is 2.97. The average molecular weight is 361 g/mol. The maximum Gasteiger partial charge on any atom is 0.150 e. The topological polar surface area (TPSA) is 110 Å². The largest absolute Gasteiger partial charge is 0.394 e. The van der Waals surface area contributed by atoms with Crippen LogP contribution in [0.15, 0.2) is 42.1 Å². The maximum atomic E-state index is 12.9. The van der Waals surface area contributed by atoms with Crippen molar-refractivity contribution in [2.24, 2.45) is 0 Å². The number of benzene rings is 1. The van der Waals surface area contributed by atoms with Crippen molar-refractivity contribution in [3.63, 3.8) is 0 Å². The van der Waals surface area contributed by atoms with Crippen LogP contribution in [0.2, 0.25) is 0 Å². The summed E-state index contributed by atoms with van der Waals surface area (Å²) >= 11 is 1.60. The predicted octanol–water partition coefficient (Wildman–Crippen LogP) is 1.68. The van der Waals surface area contributed by atoms with Crippen LogP contribution in [0.3, 0.4) is 0 Å². The molecule has 2 aromatic rings. The number of nitrogens with zero attached hydrogens (tertiary/aromatic N) is 2. The molecule has 3 atom stereocenters. The van der Waals surface area contributed by atoms with Gasteiger partial charge in [0.05, 0.1) is 17.8 Å². The summed E-state index contributed by atoms with van der Waals surface area (Å²) in [5, 5.41) is 13.8. The van der Waals surface area contributed by atoms with E-state index in [0.29, 0.717) is 17.7 Å². The first-order valence-electron chi connectivity index (χ1n) is 7.83. The number of thioether (sulfide) groups is 1. The second kappa shape index (κ2) is 7.38. The summed E-state index contributed by atoms with van der Waals surface area (Å²) in [6.45, 7) is 4.02. The van der Waals surface area contributed by atoms with E-state index in [1.807, 2.05) is 0 Å². The summed E-state index contributed by atoms with van der Waals surface area (Å²) in [7, 11) is 0. The lowest BCUT2D eigenvalue weighted by atomic mass is 10.0. The van der Waals surface area contributed by atoms with Crippen molar-refractivity contribution in [3.8, 4) is 0 Å². The van der Waals surface area contributed by atoms with Crippen LogP contribution in [0.5, 0.6) is 0 Å². The lowest BCUT2D eigenvalue weighted by molar-refractivity contribution is 0.176. The summed E-state index contributed by atoms with van der Waals surface area (Å²) in [6.07, 6.45) is 1.32. The van der Waals surface area contributed by atoms with Gasteiger partial charge in [0, 0.05) is 16.7 Å². The van der Waals surface area contributed by atoms with E-state index >= 15 is 0 Å². The smallest absolute Gasteiger partial charge is 0.150 e. The van der Waals surface area contributed by atoms with E-state index in [-0.39, 0.29) is 29.4 Å². The Labute approximate surface area is 149 Å². The van der Waals surface area contributed by atoms with Gasteiger partial charge in [-0.25, -0.2) is 14.4 Å². The molecule has 1 aliphatic heterocycles. The molecule has 2 heterocycles. The zero-order valence-corrected chi connectivity index (χ0v) is 14.3. The third-order valence-electron chi connectivity index (χ3n) is 4.19. The third-order valence-corrected chi connectivity index (χ3v) is 5.36. The number of halogens is 1. The second-order valence-electron chi connectivity index (χ2n) is 5.96. The first kappa shape index (κ1) is 17.7. The van der Waals surface area contributed by atoms with Crippen LogP contribution in [0.1, 0.15) is 12.1 Å². The molecule has 6 nitrogen and oxygen atoms in total. The van der Waals surface area contributed by atoms with Gasteiger partial charge in [-0.3, -0.25) is 0 Å². The van der Waals surface area contributed by atoms with Gasteiger partial charge in [0.1, 0.15) is 17.8 Å². The Morgan fingerprint density at radius 2 is 2.04 bits per heavy atom. The number of anilines is 2. The summed E-state index contributed by atoms with van der Waals surface area (Å²) in [5.74, 6) is 0.687. The molecule has 0 amide bonds. The first-order chi connectivity index (χ1) is 12.0. The van der Waals surface area contributed by atoms with E-state index < -0.39 is 6.10 Å². The number of nitrogen functional groups attached to an aromatic ring is 2. The van der Waals surface area contributed by atoms with Crippen molar-refractivity contribution < 1.29 is 9.50 Å². The molecule has 25 heavy (non-hydrogen) atoms. The zero-order chi connectivity index (χ0) is 18.0. The number of hydrogen-bond acceptors (Lipinski definition) is 7. The molecule has 0 saturated carbocycles. The zero-order valence-electron chi connectivity index (χ0n) is 13.5. The summed E-state index contributed by atoms with van der Waals surface area (Å²) in [5.41, 5.74) is 12.9. The van der Waals surface area contributed by atoms with E-state index in [0.717, 1.165) is 10.6 Å². The Morgan fingerprint density at radius 1 is 1.32 bits per heavy atom. The van der Waals surface area contributed by atoms with Crippen molar-refractivity contribution in [3.05, 3.63) is 48.7 Å². The number of rotatable bonds is 5. The van der Waals surface area contributed by atoms with Gasteiger partial charge in [0.25, 0.3) is 0 Å². The minimum absolute atomic E-state index is 0.0900. The molecular weight excluding hydrogens is 341 g/mol. The van der Waals surface area contributed by atoms with Crippen LogP contribution >= 0.6 is 11.8 Å².